The molecule has 0 radical (unpaired) electrons. The number of carbonyl (C=O) groups is 2. The molecule has 19 heavy (non-hydrogen) atoms. The van der Waals surface area contributed by atoms with Gasteiger partial charge in [0.15, 0.2) is 0 Å². The molecule has 2 aliphatic rings. The quantitative estimate of drug-likeness (QED) is 0.784. The summed E-state index contributed by atoms with van der Waals surface area (Å²) >= 11 is 7.54. The van der Waals surface area contributed by atoms with Gasteiger partial charge in [-0.3, -0.25) is 14.5 Å². The minimum absolute atomic E-state index is 0.0277. The molecule has 100 valence electrons. The second-order valence-electron chi connectivity index (χ2n) is 4.94. The van der Waals surface area contributed by atoms with Gasteiger partial charge in [-0.25, -0.2) is 0 Å². The fraction of sp³-hybridized carbons (Fsp3) is 0.429. The summed E-state index contributed by atoms with van der Waals surface area (Å²) in [6, 6.07) is 3.72. The number of amides is 2. The van der Waals surface area contributed by atoms with Crippen molar-refractivity contribution in [1.29, 1.82) is 0 Å². The second kappa shape index (κ2) is 5.10. The van der Waals surface area contributed by atoms with E-state index in [0.29, 0.717) is 5.57 Å². The van der Waals surface area contributed by atoms with Gasteiger partial charge in [0.05, 0.1) is 5.57 Å². The van der Waals surface area contributed by atoms with E-state index in [1.165, 1.54) is 22.7 Å². The van der Waals surface area contributed by atoms with Gasteiger partial charge in [0, 0.05) is 10.9 Å². The van der Waals surface area contributed by atoms with Crippen LogP contribution in [0.4, 0.5) is 0 Å². The lowest BCUT2D eigenvalue weighted by molar-refractivity contribution is -0.139. The molecule has 0 bridgehead atoms. The third-order valence-electron chi connectivity index (χ3n) is 3.77. The van der Waals surface area contributed by atoms with Gasteiger partial charge in [-0.1, -0.05) is 36.9 Å². The van der Waals surface area contributed by atoms with E-state index in [2.05, 4.69) is 0 Å². The molecule has 1 fully saturated rings. The number of rotatable bonds is 2. The molecule has 1 aliphatic heterocycles. The minimum atomic E-state index is -0.318. The normalized spacial score (nSPS) is 21.6. The molecule has 0 unspecified atom stereocenters. The first-order chi connectivity index (χ1) is 9.20. The van der Waals surface area contributed by atoms with Crippen molar-refractivity contribution in [1.82, 2.24) is 4.90 Å². The highest BCUT2D eigenvalue weighted by Gasteiger charge is 2.42. The van der Waals surface area contributed by atoms with Crippen molar-refractivity contribution < 1.29 is 9.59 Å². The number of halogens is 1. The van der Waals surface area contributed by atoms with Gasteiger partial charge >= 0.3 is 0 Å². The molecule has 0 saturated heterocycles. The standard InChI is InChI=1S/C14H14ClNO2S/c15-12-11(10-7-4-8-19-10)13(17)16(14(12)18)9-5-2-1-3-6-9/h4,7-9H,1-3,5-6H2. The van der Waals surface area contributed by atoms with Crippen LogP contribution in [0.5, 0.6) is 0 Å². The Labute approximate surface area is 120 Å². The van der Waals surface area contributed by atoms with Gasteiger partial charge in [0.25, 0.3) is 11.8 Å². The maximum Gasteiger partial charge on any atom is 0.273 e. The monoisotopic (exact) mass is 295 g/mol. The van der Waals surface area contributed by atoms with Crippen LogP contribution in [0.3, 0.4) is 0 Å². The molecule has 2 amide bonds. The number of carbonyl (C=O) groups excluding carboxylic acids is 2. The highest BCUT2D eigenvalue weighted by atomic mass is 35.5. The zero-order valence-corrected chi connectivity index (χ0v) is 12.0. The van der Waals surface area contributed by atoms with Crippen molar-refractivity contribution in [3.05, 3.63) is 27.4 Å². The Kier molecular flexibility index (Phi) is 3.46. The molecule has 5 heteroatoms. The highest BCUT2D eigenvalue weighted by molar-refractivity contribution is 7.11. The fourth-order valence-electron chi connectivity index (χ4n) is 2.82. The first-order valence-corrected chi connectivity index (χ1v) is 7.77. The van der Waals surface area contributed by atoms with E-state index < -0.39 is 0 Å². The Bertz CT molecular complexity index is 544. The highest BCUT2D eigenvalue weighted by Crippen LogP contribution is 2.37. The number of nitrogens with zero attached hydrogens (tertiary/aromatic N) is 1. The van der Waals surface area contributed by atoms with Crippen molar-refractivity contribution in [3.8, 4) is 0 Å². The second-order valence-corrected chi connectivity index (χ2v) is 6.26. The summed E-state index contributed by atoms with van der Waals surface area (Å²) in [5.41, 5.74) is 0.382. The summed E-state index contributed by atoms with van der Waals surface area (Å²) < 4.78 is 0. The van der Waals surface area contributed by atoms with E-state index in [0.717, 1.165) is 30.6 Å². The van der Waals surface area contributed by atoms with Crippen LogP contribution in [-0.2, 0) is 9.59 Å². The molecule has 3 rings (SSSR count). The van der Waals surface area contributed by atoms with Crippen LogP contribution in [0, 0.1) is 0 Å². The maximum absolute atomic E-state index is 12.5. The van der Waals surface area contributed by atoms with Gasteiger partial charge in [0.1, 0.15) is 5.03 Å². The summed E-state index contributed by atoms with van der Waals surface area (Å²) in [6.07, 6.45) is 5.14. The van der Waals surface area contributed by atoms with Crippen LogP contribution in [0.1, 0.15) is 37.0 Å². The third kappa shape index (κ3) is 2.13. The van der Waals surface area contributed by atoms with Gasteiger partial charge in [-0.15, -0.1) is 11.3 Å². The summed E-state index contributed by atoms with van der Waals surface area (Å²) in [7, 11) is 0. The number of hydrogen-bond acceptors (Lipinski definition) is 3. The topological polar surface area (TPSA) is 37.4 Å². The van der Waals surface area contributed by atoms with Gasteiger partial charge in [-0.2, -0.15) is 0 Å². The Morgan fingerprint density at radius 1 is 1.16 bits per heavy atom. The van der Waals surface area contributed by atoms with E-state index in [-0.39, 0.29) is 22.9 Å². The van der Waals surface area contributed by atoms with Crippen molar-refractivity contribution in [2.24, 2.45) is 0 Å². The molecule has 3 nitrogen and oxygen atoms in total. The van der Waals surface area contributed by atoms with Crippen LogP contribution in [0.25, 0.3) is 5.57 Å². The van der Waals surface area contributed by atoms with Gasteiger partial charge in [-0.05, 0) is 24.3 Å². The van der Waals surface area contributed by atoms with Crippen LogP contribution >= 0.6 is 22.9 Å². The van der Waals surface area contributed by atoms with Crippen molar-refractivity contribution in [3.63, 3.8) is 0 Å². The lowest BCUT2D eigenvalue weighted by Gasteiger charge is -2.29. The van der Waals surface area contributed by atoms with E-state index >= 15 is 0 Å². The van der Waals surface area contributed by atoms with Crippen molar-refractivity contribution in [2.75, 3.05) is 0 Å². The van der Waals surface area contributed by atoms with Crippen LogP contribution in [0.15, 0.2) is 22.5 Å². The zero-order chi connectivity index (χ0) is 13.4. The summed E-state index contributed by atoms with van der Waals surface area (Å²) in [5.74, 6) is -0.536. The van der Waals surface area contributed by atoms with Crippen molar-refractivity contribution >= 4 is 40.3 Å². The van der Waals surface area contributed by atoms with Crippen LogP contribution in [0.2, 0.25) is 0 Å². The first kappa shape index (κ1) is 12.9. The lowest BCUT2D eigenvalue weighted by Crippen LogP contribution is -2.41. The zero-order valence-electron chi connectivity index (χ0n) is 10.4. The lowest BCUT2D eigenvalue weighted by atomic mass is 9.94. The molecule has 0 aromatic carbocycles. The molecule has 0 atom stereocenters. The molecule has 2 heterocycles. The summed E-state index contributed by atoms with van der Waals surface area (Å²) in [4.78, 5) is 26.9. The Hall–Kier alpha value is -1.13. The molecule has 0 N–H and O–H groups in total. The Morgan fingerprint density at radius 2 is 1.89 bits per heavy atom. The van der Waals surface area contributed by atoms with Crippen LogP contribution in [-0.4, -0.2) is 22.8 Å². The van der Waals surface area contributed by atoms with E-state index in [1.807, 2.05) is 17.5 Å². The molecule has 1 aliphatic carbocycles. The molecule has 1 saturated carbocycles. The minimum Gasteiger partial charge on any atom is -0.270 e. The number of hydrogen-bond donors (Lipinski definition) is 0. The molecular formula is C14H14ClNO2S. The SMILES string of the molecule is O=C1C(Cl)=C(c2cccs2)C(=O)N1C1CCCCC1. The average Bonchev–Trinajstić information content (AvgIpc) is 3.00. The predicted octanol–water partition coefficient (Wildman–Crippen LogP) is 3.40. The van der Waals surface area contributed by atoms with E-state index in [4.69, 9.17) is 11.6 Å². The smallest absolute Gasteiger partial charge is 0.270 e. The van der Waals surface area contributed by atoms with E-state index in [1.54, 1.807) is 0 Å². The largest absolute Gasteiger partial charge is 0.273 e. The number of imide groups is 1. The molecule has 1 aromatic heterocycles. The van der Waals surface area contributed by atoms with Crippen molar-refractivity contribution in [2.45, 2.75) is 38.1 Å². The molecular weight excluding hydrogens is 282 g/mol. The molecule has 0 spiro atoms. The first-order valence-electron chi connectivity index (χ1n) is 6.51. The Morgan fingerprint density at radius 3 is 2.53 bits per heavy atom. The van der Waals surface area contributed by atoms with E-state index in [9.17, 15) is 9.59 Å². The van der Waals surface area contributed by atoms with Gasteiger partial charge < -0.3 is 0 Å². The predicted molar refractivity (Wildman–Crippen MR) is 75.8 cm³/mol. The average molecular weight is 296 g/mol. The van der Waals surface area contributed by atoms with Gasteiger partial charge in [0.2, 0.25) is 0 Å². The number of thiophene rings is 1. The Balaban J connectivity index is 1.92. The summed E-state index contributed by atoms with van der Waals surface area (Å²) in [5, 5.41) is 1.96. The fourth-order valence-corrected chi connectivity index (χ4v) is 3.92. The molecule has 1 aromatic rings. The summed E-state index contributed by atoms with van der Waals surface area (Å²) in [6.45, 7) is 0. The third-order valence-corrected chi connectivity index (χ3v) is 5.00. The maximum atomic E-state index is 12.5. The van der Waals surface area contributed by atoms with Crippen LogP contribution < -0.4 is 0 Å².